The van der Waals surface area contributed by atoms with Crippen LogP contribution < -0.4 is 10.6 Å². The van der Waals surface area contributed by atoms with E-state index in [9.17, 15) is 9.59 Å². The highest BCUT2D eigenvalue weighted by Gasteiger charge is 2.05. The summed E-state index contributed by atoms with van der Waals surface area (Å²) in [4.78, 5) is 23.2. The molecule has 4 nitrogen and oxygen atoms in total. The Kier molecular flexibility index (Phi) is 5.72. The quantitative estimate of drug-likeness (QED) is 0.762. The second-order valence-electron chi connectivity index (χ2n) is 4.87. The second kappa shape index (κ2) is 7.75. The summed E-state index contributed by atoms with van der Waals surface area (Å²) in [6.07, 6.45) is 0.344. The molecule has 2 rings (SSSR count). The van der Waals surface area contributed by atoms with Gasteiger partial charge in [-0.25, -0.2) is 0 Å². The fourth-order valence-electron chi connectivity index (χ4n) is 1.96. The molecule has 0 radical (unpaired) electrons. The van der Waals surface area contributed by atoms with Gasteiger partial charge in [-0.05, 0) is 37.3 Å². The number of rotatable bonds is 6. The Morgan fingerprint density at radius 1 is 1.05 bits per heavy atom. The van der Waals surface area contributed by atoms with Crippen molar-refractivity contribution < 1.29 is 9.59 Å². The van der Waals surface area contributed by atoms with Crippen LogP contribution in [0, 0.1) is 0 Å². The van der Waals surface area contributed by atoms with Crippen molar-refractivity contribution >= 4 is 39.0 Å². The van der Waals surface area contributed by atoms with E-state index >= 15 is 0 Å². The van der Waals surface area contributed by atoms with Crippen LogP contribution in [0.4, 0.5) is 11.4 Å². The minimum absolute atomic E-state index is 0.0209. The van der Waals surface area contributed by atoms with Crippen molar-refractivity contribution in [3.05, 3.63) is 58.6 Å². The maximum absolute atomic E-state index is 11.9. The number of hydrogen-bond donors (Lipinski definition) is 2. The van der Waals surface area contributed by atoms with Gasteiger partial charge < -0.3 is 10.6 Å². The third-order valence-corrected chi connectivity index (χ3v) is 3.55. The number of hydrogen-bond acceptors (Lipinski definition) is 3. The van der Waals surface area contributed by atoms with Crippen molar-refractivity contribution in [3.63, 3.8) is 0 Å². The Balaban J connectivity index is 1.83. The van der Waals surface area contributed by atoms with E-state index in [1.165, 1.54) is 6.92 Å². The van der Waals surface area contributed by atoms with E-state index in [0.29, 0.717) is 24.2 Å². The van der Waals surface area contributed by atoms with Crippen molar-refractivity contribution in [1.82, 2.24) is 0 Å². The van der Waals surface area contributed by atoms with Crippen molar-refractivity contribution in [3.8, 4) is 0 Å². The van der Waals surface area contributed by atoms with E-state index in [-0.39, 0.29) is 11.7 Å². The third kappa shape index (κ3) is 5.00. The molecule has 0 aliphatic rings. The summed E-state index contributed by atoms with van der Waals surface area (Å²) in [5.41, 5.74) is 2.19. The molecule has 0 saturated heterocycles. The van der Waals surface area contributed by atoms with Crippen molar-refractivity contribution in [2.45, 2.75) is 13.3 Å². The smallest absolute Gasteiger partial charge is 0.226 e. The standard InChI is InChI=1S/C17H17BrN2O2/c1-12(21)13-4-2-7-16(10-13)20-17(22)8-9-19-15-6-3-5-14(18)11-15/h2-7,10-11,19H,8-9H2,1H3,(H,20,22). The minimum Gasteiger partial charge on any atom is -0.384 e. The number of Topliss-reactive ketones (excluding diaryl/α,β-unsaturated/α-hetero) is 1. The summed E-state index contributed by atoms with van der Waals surface area (Å²) in [5, 5.41) is 5.98. The Labute approximate surface area is 138 Å². The molecule has 22 heavy (non-hydrogen) atoms. The minimum atomic E-state index is -0.0943. The average Bonchev–Trinajstić information content (AvgIpc) is 2.47. The molecule has 1 amide bonds. The fourth-order valence-corrected chi connectivity index (χ4v) is 2.36. The van der Waals surface area contributed by atoms with Crippen molar-refractivity contribution in [1.29, 1.82) is 0 Å². The Bertz CT molecular complexity index is 686. The summed E-state index contributed by atoms with van der Waals surface area (Å²) in [6.45, 7) is 2.04. The zero-order valence-electron chi connectivity index (χ0n) is 12.2. The van der Waals surface area contributed by atoms with Crippen LogP contribution in [-0.4, -0.2) is 18.2 Å². The van der Waals surface area contributed by atoms with Crippen LogP contribution in [0.3, 0.4) is 0 Å². The Morgan fingerprint density at radius 2 is 1.77 bits per heavy atom. The summed E-state index contributed by atoms with van der Waals surface area (Å²) in [7, 11) is 0. The van der Waals surface area contributed by atoms with Gasteiger partial charge in [0.25, 0.3) is 0 Å². The molecule has 0 atom stereocenters. The molecular weight excluding hydrogens is 344 g/mol. The molecule has 2 aromatic carbocycles. The second-order valence-corrected chi connectivity index (χ2v) is 5.79. The van der Waals surface area contributed by atoms with Gasteiger partial charge in [0.2, 0.25) is 5.91 Å². The van der Waals surface area contributed by atoms with Gasteiger partial charge in [0.05, 0.1) is 0 Å². The first kappa shape index (κ1) is 16.2. The van der Waals surface area contributed by atoms with Crippen LogP contribution >= 0.6 is 15.9 Å². The van der Waals surface area contributed by atoms with E-state index in [0.717, 1.165) is 10.2 Å². The van der Waals surface area contributed by atoms with E-state index in [1.807, 2.05) is 24.3 Å². The van der Waals surface area contributed by atoms with Gasteiger partial charge >= 0.3 is 0 Å². The molecule has 0 unspecified atom stereocenters. The van der Waals surface area contributed by atoms with Gasteiger partial charge in [-0.15, -0.1) is 0 Å². The fraction of sp³-hybridized carbons (Fsp3) is 0.176. The summed E-state index contributed by atoms with van der Waals surface area (Å²) in [5.74, 6) is -0.115. The van der Waals surface area contributed by atoms with Gasteiger partial charge in [0.1, 0.15) is 0 Å². The van der Waals surface area contributed by atoms with E-state index in [4.69, 9.17) is 0 Å². The molecule has 0 spiro atoms. The first-order chi connectivity index (χ1) is 10.5. The molecule has 0 fully saturated rings. The molecule has 0 aliphatic carbocycles. The van der Waals surface area contributed by atoms with Gasteiger partial charge in [0, 0.05) is 34.4 Å². The predicted octanol–water partition coefficient (Wildman–Crippen LogP) is 4.09. The van der Waals surface area contributed by atoms with Gasteiger partial charge in [-0.2, -0.15) is 0 Å². The highest BCUT2D eigenvalue weighted by Crippen LogP contribution is 2.15. The van der Waals surface area contributed by atoms with Crippen LogP contribution in [0.25, 0.3) is 0 Å². The van der Waals surface area contributed by atoms with Gasteiger partial charge in [-0.1, -0.05) is 34.1 Å². The topological polar surface area (TPSA) is 58.2 Å². The van der Waals surface area contributed by atoms with Gasteiger partial charge in [0.15, 0.2) is 5.78 Å². The maximum atomic E-state index is 11.9. The predicted molar refractivity (Wildman–Crippen MR) is 92.3 cm³/mol. The third-order valence-electron chi connectivity index (χ3n) is 3.06. The molecule has 2 N–H and O–H groups in total. The van der Waals surface area contributed by atoms with Crippen LogP contribution in [0.5, 0.6) is 0 Å². The maximum Gasteiger partial charge on any atom is 0.226 e. The molecule has 0 heterocycles. The van der Waals surface area contributed by atoms with Crippen molar-refractivity contribution in [2.24, 2.45) is 0 Å². The summed E-state index contributed by atoms with van der Waals surface area (Å²) >= 11 is 3.40. The normalized spacial score (nSPS) is 10.1. The highest BCUT2D eigenvalue weighted by atomic mass is 79.9. The zero-order chi connectivity index (χ0) is 15.9. The molecule has 5 heteroatoms. The lowest BCUT2D eigenvalue weighted by atomic mass is 10.1. The number of halogens is 1. The lowest BCUT2D eigenvalue weighted by Crippen LogP contribution is -2.16. The Hall–Kier alpha value is -2.14. The van der Waals surface area contributed by atoms with Crippen molar-refractivity contribution in [2.75, 3.05) is 17.2 Å². The Morgan fingerprint density at radius 3 is 2.50 bits per heavy atom. The molecule has 2 aromatic rings. The largest absolute Gasteiger partial charge is 0.384 e. The SMILES string of the molecule is CC(=O)c1cccc(NC(=O)CCNc2cccc(Br)c2)c1. The van der Waals surface area contributed by atoms with E-state index < -0.39 is 0 Å². The first-order valence-electron chi connectivity index (χ1n) is 6.95. The van der Waals surface area contributed by atoms with Gasteiger partial charge in [-0.3, -0.25) is 9.59 Å². The number of anilines is 2. The number of amides is 1. The summed E-state index contributed by atoms with van der Waals surface area (Å²) in [6, 6.07) is 14.7. The molecule has 0 aromatic heterocycles. The van der Waals surface area contributed by atoms with Crippen LogP contribution in [0.2, 0.25) is 0 Å². The number of carbonyl (C=O) groups is 2. The molecule has 0 saturated carbocycles. The highest BCUT2D eigenvalue weighted by molar-refractivity contribution is 9.10. The van der Waals surface area contributed by atoms with E-state index in [1.54, 1.807) is 24.3 Å². The van der Waals surface area contributed by atoms with Crippen LogP contribution in [0.15, 0.2) is 53.0 Å². The zero-order valence-corrected chi connectivity index (χ0v) is 13.8. The number of carbonyl (C=O) groups excluding carboxylic acids is 2. The molecule has 114 valence electrons. The van der Waals surface area contributed by atoms with Crippen LogP contribution in [0.1, 0.15) is 23.7 Å². The average molecular weight is 361 g/mol. The lowest BCUT2D eigenvalue weighted by Gasteiger charge is -2.08. The molecular formula is C17H17BrN2O2. The first-order valence-corrected chi connectivity index (χ1v) is 7.74. The number of nitrogens with one attached hydrogen (secondary N) is 2. The van der Waals surface area contributed by atoms with E-state index in [2.05, 4.69) is 26.6 Å². The monoisotopic (exact) mass is 360 g/mol. The lowest BCUT2D eigenvalue weighted by molar-refractivity contribution is -0.115. The number of ketones is 1. The molecule has 0 aliphatic heterocycles. The summed E-state index contributed by atoms with van der Waals surface area (Å²) < 4.78 is 0.989. The van der Waals surface area contributed by atoms with Crippen LogP contribution in [-0.2, 0) is 4.79 Å². The molecule has 0 bridgehead atoms. The number of benzene rings is 2.